The second-order valence-corrected chi connectivity index (χ2v) is 10.6. The summed E-state index contributed by atoms with van der Waals surface area (Å²) in [6.07, 6.45) is 3.32. The topological polar surface area (TPSA) is 68.3 Å². The fourth-order valence-corrected chi connectivity index (χ4v) is 5.80. The molecule has 0 unspecified atom stereocenters. The largest absolute Gasteiger partial charge is 0.497 e. The van der Waals surface area contributed by atoms with Crippen LogP contribution in [0.1, 0.15) is 23.3 Å². The van der Waals surface area contributed by atoms with Gasteiger partial charge in [0.2, 0.25) is 0 Å². The van der Waals surface area contributed by atoms with Gasteiger partial charge in [0.25, 0.3) is 5.91 Å². The zero-order valence-corrected chi connectivity index (χ0v) is 24.0. The van der Waals surface area contributed by atoms with Crippen molar-refractivity contribution in [1.82, 2.24) is 4.90 Å². The number of esters is 1. The van der Waals surface area contributed by atoms with Crippen LogP contribution in [0.15, 0.2) is 89.8 Å². The Morgan fingerprint density at radius 1 is 1.02 bits per heavy atom. The molecule has 1 amide bonds. The van der Waals surface area contributed by atoms with E-state index in [1.54, 1.807) is 30.7 Å². The average Bonchev–Trinajstić information content (AvgIpc) is 3.09. The average molecular weight is 561 g/mol. The molecule has 8 heteroatoms. The summed E-state index contributed by atoms with van der Waals surface area (Å²) in [6, 6.07) is 25.7. The van der Waals surface area contributed by atoms with Crippen LogP contribution in [0, 0.1) is 0 Å². The zero-order valence-electron chi connectivity index (χ0n) is 23.2. The summed E-state index contributed by atoms with van der Waals surface area (Å²) in [5.74, 6) is 0.0480. The molecular formula is C32H36N2O5S. The van der Waals surface area contributed by atoms with E-state index in [9.17, 15) is 9.59 Å². The first kappa shape index (κ1) is 29.4. The molecule has 0 radical (unpaired) electrons. The normalized spacial score (nSPS) is 17.1. The minimum atomic E-state index is -0.890. The molecule has 3 aromatic carbocycles. The van der Waals surface area contributed by atoms with Crippen LogP contribution in [0.25, 0.3) is 6.08 Å². The van der Waals surface area contributed by atoms with E-state index in [0.717, 1.165) is 34.0 Å². The Morgan fingerprint density at radius 3 is 2.48 bits per heavy atom. The molecule has 0 N–H and O–H groups in total. The summed E-state index contributed by atoms with van der Waals surface area (Å²) in [6.45, 7) is 3.56. The van der Waals surface area contributed by atoms with E-state index in [-0.39, 0.29) is 24.4 Å². The van der Waals surface area contributed by atoms with Crippen molar-refractivity contribution in [2.45, 2.75) is 23.2 Å². The molecule has 210 valence electrons. The van der Waals surface area contributed by atoms with Gasteiger partial charge < -0.3 is 24.0 Å². The second kappa shape index (κ2) is 14.7. The first-order valence-electron chi connectivity index (χ1n) is 13.4. The van der Waals surface area contributed by atoms with Gasteiger partial charge in [-0.1, -0.05) is 66.7 Å². The summed E-state index contributed by atoms with van der Waals surface area (Å²) in [4.78, 5) is 31.3. The van der Waals surface area contributed by atoms with E-state index >= 15 is 0 Å². The predicted molar refractivity (Wildman–Crippen MR) is 160 cm³/mol. The highest BCUT2D eigenvalue weighted by Crippen LogP contribution is 2.46. The lowest BCUT2D eigenvalue weighted by Crippen LogP contribution is -2.45. The molecule has 0 bridgehead atoms. The molecule has 0 saturated carbocycles. The lowest BCUT2D eigenvalue weighted by atomic mass is 10.1. The number of rotatable bonds is 12. The maximum Gasteiger partial charge on any atom is 0.332 e. The Hall–Kier alpha value is -3.59. The number of ether oxygens (including phenoxy) is 3. The standard InChI is InChI=1S/C32H36N2O5S/c1-4-38-29(35)23-39-30-31(25-16-18-26(37-3)19-17-25)40-28-15-9-8-14-27(28)34(32(30)36)22-21-33(2)20-10-13-24-11-6-5-7-12-24/h5-19,30-31H,4,20-23H2,1-3H3/t30-,31+/m0/s1. The molecule has 40 heavy (non-hydrogen) atoms. The first-order valence-corrected chi connectivity index (χ1v) is 14.3. The second-order valence-electron chi connectivity index (χ2n) is 9.38. The number of hydrogen-bond donors (Lipinski definition) is 0. The number of hydrogen-bond acceptors (Lipinski definition) is 7. The van der Waals surface area contributed by atoms with Gasteiger partial charge in [0.05, 0.1) is 24.7 Å². The van der Waals surface area contributed by atoms with Gasteiger partial charge in [0, 0.05) is 24.5 Å². The number of carbonyl (C=O) groups is 2. The van der Waals surface area contributed by atoms with Crippen molar-refractivity contribution in [3.05, 3.63) is 96.1 Å². The Kier molecular flexibility index (Phi) is 10.8. The Labute approximate surface area is 240 Å². The Morgan fingerprint density at radius 2 is 1.75 bits per heavy atom. The third-order valence-electron chi connectivity index (χ3n) is 6.56. The number of methoxy groups -OCH3 is 1. The molecule has 0 spiro atoms. The van der Waals surface area contributed by atoms with Crippen LogP contribution in [0.3, 0.4) is 0 Å². The molecule has 0 aliphatic carbocycles. The third-order valence-corrected chi connectivity index (χ3v) is 7.93. The smallest absolute Gasteiger partial charge is 0.332 e. The zero-order chi connectivity index (χ0) is 28.3. The van der Waals surface area contributed by atoms with Crippen molar-refractivity contribution in [3.63, 3.8) is 0 Å². The number of amides is 1. The van der Waals surface area contributed by atoms with Crippen molar-refractivity contribution in [1.29, 1.82) is 0 Å². The fraction of sp³-hybridized carbons (Fsp3) is 0.312. The van der Waals surface area contributed by atoms with Gasteiger partial charge in [-0.2, -0.15) is 0 Å². The highest BCUT2D eigenvalue weighted by Gasteiger charge is 2.39. The highest BCUT2D eigenvalue weighted by molar-refractivity contribution is 7.99. The first-order chi connectivity index (χ1) is 19.5. The Balaban J connectivity index is 1.56. The number of benzene rings is 3. The van der Waals surface area contributed by atoms with Crippen LogP contribution >= 0.6 is 11.8 Å². The molecule has 1 aliphatic rings. The number of nitrogens with zero attached hydrogens (tertiary/aromatic N) is 2. The molecule has 0 saturated heterocycles. The monoisotopic (exact) mass is 560 g/mol. The molecule has 2 atom stereocenters. The predicted octanol–water partition coefficient (Wildman–Crippen LogP) is 5.47. The van der Waals surface area contributed by atoms with Crippen LogP contribution < -0.4 is 9.64 Å². The maximum atomic E-state index is 14.2. The number of carbonyl (C=O) groups excluding carboxylic acids is 2. The summed E-state index contributed by atoms with van der Waals surface area (Å²) in [5.41, 5.74) is 2.90. The maximum absolute atomic E-state index is 14.2. The summed E-state index contributed by atoms with van der Waals surface area (Å²) < 4.78 is 16.5. The number of anilines is 1. The van der Waals surface area contributed by atoms with Crippen molar-refractivity contribution < 1.29 is 23.8 Å². The molecular weight excluding hydrogens is 524 g/mol. The van der Waals surface area contributed by atoms with Crippen molar-refractivity contribution in [2.24, 2.45) is 0 Å². The number of thioether (sulfide) groups is 1. The lowest BCUT2D eigenvalue weighted by Gasteiger charge is -2.29. The van der Waals surface area contributed by atoms with E-state index < -0.39 is 12.1 Å². The molecule has 1 heterocycles. The van der Waals surface area contributed by atoms with Gasteiger partial charge in [-0.3, -0.25) is 4.79 Å². The van der Waals surface area contributed by atoms with E-state index in [1.807, 2.05) is 73.8 Å². The summed E-state index contributed by atoms with van der Waals surface area (Å²) in [5, 5.41) is -0.370. The van der Waals surface area contributed by atoms with E-state index in [0.29, 0.717) is 13.1 Å². The van der Waals surface area contributed by atoms with Crippen molar-refractivity contribution >= 4 is 35.4 Å². The number of para-hydroxylation sites is 1. The fourth-order valence-electron chi connectivity index (χ4n) is 4.46. The van der Waals surface area contributed by atoms with Crippen LogP contribution in [0.2, 0.25) is 0 Å². The van der Waals surface area contributed by atoms with Gasteiger partial charge in [-0.15, -0.1) is 11.8 Å². The van der Waals surface area contributed by atoms with Gasteiger partial charge in [0.15, 0.2) is 6.10 Å². The highest BCUT2D eigenvalue weighted by atomic mass is 32.2. The summed E-state index contributed by atoms with van der Waals surface area (Å²) >= 11 is 1.57. The quantitative estimate of drug-likeness (QED) is 0.272. The van der Waals surface area contributed by atoms with E-state index in [1.165, 1.54) is 0 Å². The number of likely N-dealkylation sites (N-methyl/N-ethyl adjacent to an activating group) is 1. The van der Waals surface area contributed by atoms with Crippen molar-refractivity contribution in [2.75, 3.05) is 51.9 Å². The number of fused-ring (bicyclic) bond motifs is 1. The third kappa shape index (κ3) is 7.75. The van der Waals surface area contributed by atoms with Crippen LogP contribution in [0.4, 0.5) is 5.69 Å². The SMILES string of the molecule is CCOC(=O)CO[C@@H]1C(=O)N(CCN(C)CC=Cc2ccccc2)c2ccccc2S[C@@H]1c1ccc(OC)cc1. The molecule has 0 fully saturated rings. The van der Waals surface area contributed by atoms with E-state index in [4.69, 9.17) is 14.2 Å². The lowest BCUT2D eigenvalue weighted by molar-refractivity contribution is -0.152. The Bertz CT molecular complexity index is 1280. The van der Waals surface area contributed by atoms with Crippen LogP contribution in [-0.2, 0) is 19.1 Å². The molecule has 0 aromatic heterocycles. The molecule has 4 rings (SSSR count). The van der Waals surface area contributed by atoms with Crippen LogP contribution in [0.5, 0.6) is 5.75 Å². The van der Waals surface area contributed by atoms with Gasteiger partial charge in [-0.25, -0.2) is 4.79 Å². The minimum absolute atomic E-state index is 0.184. The molecule has 1 aliphatic heterocycles. The van der Waals surface area contributed by atoms with Crippen LogP contribution in [-0.4, -0.2) is 69.9 Å². The van der Waals surface area contributed by atoms with Crippen molar-refractivity contribution in [3.8, 4) is 5.75 Å². The molecule has 3 aromatic rings. The van der Waals surface area contributed by atoms with Gasteiger partial charge in [0.1, 0.15) is 12.4 Å². The summed E-state index contributed by atoms with van der Waals surface area (Å²) in [7, 11) is 3.65. The van der Waals surface area contributed by atoms with E-state index in [2.05, 4.69) is 29.2 Å². The van der Waals surface area contributed by atoms with Gasteiger partial charge in [-0.05, 0) is 49.4 Å². The van der Waals surface area contributed by atoms with Gasteiger partial charge >= 0.3 is 5.97 Å². The minimum Gasteiger partial charge on any atom is -0.497 e. The molecule has 7 nitrogen and oxygen atoms in total.